The van der Waals surface area contributed by atoms with Crippen LogP contribution in [0.5, 0.6) is 17.2 Å². The van der Waals surface area contributed by atoms with Crippen molar-refractivity contribution in [1.29, 1.82) is 0 Å². The molecule has 0 aromatic heterocycles. The molecule has 1 heterocycles. The minimum Gasteiger partial charge on any atom is -0.493 e. The summed E-state index contributed by atoms with van der Waals surface area (Å²) in [7, 11) is 3.27. The SMILES string of the molecule is COCCCOc1cc(C(=O)N(C(C)C)[C@H]2CNC[C@@H](COc3cccc(-c4ccccc4)c3)C2)ccc1OC. The van der Waals surface area contributed by atoms with Crippen LogP contribution in [0.1, 0.15) is 37.0 Å². The van der Waals surface area contributed by atoms with E-state index in [0.29, 0.717) is 36.9 Å². The maximum Gasteiger partial charge on any atom is 0.254 e. The number of benzene rings is 3. The van der Waals surface area contributed by atoms with Crippen LogP contribution in [0.25, 0.3) is 11.1 Å². The molecule has 0 spiro atoms. The number of ether oxygens (including phenoxy) is 4. The summed E-state index contributed by atoms with van der Waals surface area (Å²) in [5.74, 6) is 2.31. The molecule has 0 saturated carbocycles. The fourth-order valence-corrected chi connectivity index (χ4v) is 5.23. The number of hydrogen-bond donors (Lipinski definition) is 1. The molecule has 40 heavy (non-hydrogen) atoms. The van der Waals surface area contributed by atoms with Crippen molar-refractivity contribution in [3.8, 4) is 28.4 Å². The van der Waals surface area contributed by atoms with Gasteiger partial charge >= 0.3 is 0 Å². The second kappa shape index (κ2) is 14.7. The van der Waals surface area contributed by atoms with Crippen molar-refractivity contribution in [1.82, 2.24) is 10.2 Å². The van der Waals surface area contributed by atoms with Gasteiger partial charge in [-0.3, -0.25) is 4.79 Å². The van der Waals surface area contributed by atoms with Crippen LogP contribution in [0.3, 0.4) is 0 Å². The highest BCUT2D eigenvalue weighted by atomic mass is 16.5. The molecule has 3 aromatic rings. The lowest BCUT2D eigenvalue weighted by molar-refractivity contribution is 0.0509. The van der Waals surface area contributed by atoms with Gasteiger partial charge in [-0.1, -0.05) is 42.5 Å². The molecule has 0 bridgehead atoms. The zero-order valence-corrected chi connectivity index (χ0v) is 24.1. The number of carbonyl (C=O) groups is 1. The van der Waals surface area contributed by atoms with Gasteiger partial charge in [0.15, 0.2) is 11.5 Å². The maximum absolute atomic E-state index is 13.8. The Morgan fingerprint density at radius 3 is 2.45 bits per heavy atom. The third-order valence-electron chi connectivity index (χ3n) is 7.19. The van der Waals surface area contributed by atoms with Crippen LogP contribution in [-0.2, 0) is 4.74 Å². The summed E-state index contributed by atoms with van der Waals surface area (Å²) in [4.78, 5) is 15.8. The van der Waals surface area contributed by atoms with E-state index in [1.165, 1.54) is 5.56 Å². The zero-order chi connectivity index (χ0) is 28.3. The zero-order valence-electron chi connectivity index (χ0n) is 24.1. The largest absolute Gasteiger partial charge is 0.493 e. The Bertz CT molecular complexity index is 1220. The summed E-state index contributed by atoms with van der Waals surface area (Å²) in [6.45, 7) is 7.43. The highest BCUT2D eigenvalue weighted by Gasteiger charge is 2.32. The van der Waals surface area contributed by atoms with Crippen molar-refractivity contribution >= 4 is 5.91 Å². The Morgan fingerprint density at radius 2 is 1.70 bits per heavy atom. The first-order valence-electron chi connectivity index (χ1n) is 14.1. The third-order valence-corrected chi connectivity index (χ3v) is 7.19. The first-order valence-corrected chi connectivity index (χ1v) is 14.1. The van der Waals surface area contributed by atoms with Crippen molar-refractivity contribution in [2.24, 2.45) is 5.92 Å². The van der Waals surface area contributed by atoms with Crippen molar-refractivity contribution < 1.29 is 23.7 Å². The molecule has 1 aliphatic rings. The molecule has 1 aliphatic heterocycles. The molecule has 214 valence electrons. The lowest BCUT2D eigenvalue weighted by atomic mass is 9.94. The average molecular weight is 547 g/mol. The molecule has 0 radical (unpaired) electrons. The van der Waals surface area contributed by atoms with E-state index >= 15 is 0 Å². The van der Waals surface area contributed by atoms with E-state index in [4.69, 9.17) is 18.9 Å². The summed E-state index contributed by atoms with van der Waals surface area (Å²) in [5, 5.41) is 3.54. The topological polar surface area (TPSA) is 69.3 Å². The normalized spacial score (nSPS) is 16.9. The number of methoxy groups -OCH3 is 2. The van der Waals surface area contributed by atoms with Gasteiger partial charge in [0.1, 0.15) is 5.75 Å². The second-order valence-corrected chi connectivity index (χ2v) is 10.5. The standard InChI is InChI=1S/C33H42N2O5/c1-24(2)35(33(36)28-14-15-31(38-4)32(20-28)39-17-9-16-37-3)29-18-25(21-34-22-29)23-40-30-13-8-12-27(19-30)26-10-6-5-7-11-26/h5-8,10-15,19-20,24-25,29,34H,9,16-18,21-23H2,1-4H3/t25-,29+/m0/s1. The van der Waals surface area contributed by atoms with E-state index in [1.54, 1.807) is 26.4 Å². The number of carbonyl (C=O) groups excluding carboxylic acids is 1. The van der Waals surface area contributed by atoms with Crippen LogP contribution in [0.4, 0.5) is 0 Å². The molecular formula is C33H42N2O5. The van der Waals surface area contributed by atoms with Gasteiger partial charge < -0.3 is 29.2 Å². The number of amides is 1. The van der Waals surface area contributed by atoms with Crippen LogP contribution < -0.4 is 19.5 Å². The Hall–Kier alpha value is -3.55. The predicted octanol–water partition coefficient (Wildman–Crippen LogP) is 5.69. The van der Waals surface area contributed by atoms with Gasteiger partial charge in [0.2, 0.25) is 0 Å². The van der Waals surface area contributed by atoms with Gasteiger partial charge in [0.25, 0.3) is 5.91 Å². The number of rotatable bonds is 13. The van der Waals surface area contributed by atoms with Crippen molar-refractivity contribution in [3.05, 3.63) is 78.4 Å². The summed E-state index contributed by atoms with van der Waals surface area (Å²) in [6.07, 6.45) is 1.62. The summed E-state index contributed by atoms with van der Waals surface area (Å²) >= 11 is 0. The summed E-state index contributed by atoms with van der Waals surface area (Å²) < 4.78 is 22.8. The number of hydrogen-bond acceptors (Lipinski definition) is 6. The smallest absolute Gasteiger partial charge is 0.254 e. The Balaban J connectivity index is 1.41. The summed E-state index contributed by atoms with van der Waals surface area (Å²) in [6, 6.07) is 24.0. The van der Waals surface area contributed by atoms with Crippen molar-refractivity contribution in [2.45, 2.75) is 38.8 Å². The molecule has 0 unspecified atom stereocenters. The quantitative estimate of drug-likeness (QED) is 0.278. The molecule has 1 N–H and O–H groups in total. The maximum atomic E-state index is 13.8. The minimum atomic E-state index is -0.0108. The Kier molecular flexibility index (Phi) is 10.8. The summed E-state index contributed by atoms with van der Waals surface area (Å²) in [5.41, 5.74) is 2.89. The molecule has 1 fully saturated rings. The van der Waals surface area contributed by atoms with Crippen LogP contribution in [0, 0.1) is 5.92 Å². The number of nitrogens with one attached hydrogen (secondary N) is 1. The van der Waals surface area contributed by atoms with Gasteiger partial charge in [0, 0.05) is 56.8 Å². The van der Waals surface area contributed by atoms with Gasteiger partial charge in [-0.15, -0.1) is 0 Å². The fourth-order valence-electron chi connectivity index (χ4n) is 5.23. The van der Waals surface area contributed by atoms with Crippen LogP contribution in [-0.4, -0.2) is 70.0 Å². The second-order valence-electron chi connectivity index (χ2n) is 10.5. The van der Waals surface area contributed by atoms with E-state index in [9.17, 15) is 4.79 Å². The van der Waals surface area contributed by atoms with Gasteiger partial charge in [0.05, 0.1) is 20.3 Å². The first-order chi connectivity index (χ1) is 19.5. The van der Waals surface area contributed by atoms with E-state index in [2.05, 4.69) is 43.4 Å². The van der Waals surface area contributed by atoms with E-state index in [0.717, 1.165) is 37.2 Å². The molecule has 1 amide bonds. The van der Waals surface area contributed by atoms with Crippen LogP contribution in [0.2, 0.25) is 0 Å². The minimum absolute atomic E-state index is 0.0108. The average Bonchev–Trinajstić information content (AvgIpc) is 2.99. The predicted molar refractivity (Wildman–Crippen MR) is 158 cm³/mol. The Labute approximate surface area is 238 Å². The molecule has 2 atom stereocenters. The molecule has 1 saturated heterocycles. The molecular weight excluding hydrogens is 504 g/mol. The molecule has 7 nitrogen and oxygen atoms in total. The van der Waals surface area contributed by atoms with Crippen molar-refractivity contribution in [3.63, 3.8) is 0 Å². The fraction of sp³-hybridized carbons (Fsp3) is 0.424. The molecule has 7 heteroatoms. The number of nitrogens with zero attached hydrogens (tertiary/aromatic N) is 1. The molecule has 0 aliphatic carbocycles. The van der Waals surface area contributed by atoms with E-state index in [-0.39, 0.29) is 23.9 Å². The van der Waals surface area contributed by atoms with Gasteiger partial charge in [-0.05, 0) is 61.7 Å². The lowest BCUT2D eigenvalue weighted by Crippen LogP contribution is -2.54. The monoisotopic (exact) mass is 546 g/mol. The Morgan fingerprint density at radius 1 is 0.900 bits per heavy atom. The van der Waals surface area contributed by atoms with Crippen LogP contribution >= 0.6 is 0 Å². The number of piperidine rings is 1. The van der Waals surface area contributed by atoms with Crippen LogP contribution in [0.15, 0.2) is 72.8 Å². The van der Waals surface area contributed by atoms with Gasteiger partial charge in [-0.2, -0.15) is 0 Å². The molecule has 4 rings (SSSR count). The van der Waals surface area contributed by atoms with E-state index in [1.807, 2.05) is 41.3 Å². The first kappa shape index (κ1) is 29.4. The van der Waals surface area contributed by atoms with Gasteiger partial charge in [-0.25, -0.2) is 0 Å². The molecule has 3 aromatic carbocycles. The lowest BCUT2D eigenvalue weighted by Gasteiger charge is -2.40. The van der Waals surface area contributed by atoms with E-state index < -0.39 is 0 Å². The highest BCUT2D eigenvalue weighted by molar-refractivity contribution is 5.95. The third kappa shape index (κ3) is 7.77. The highest BCUT2D eigenvalue weighted by Crippen LogP contribution is 2.30. The van der Waals surface area contributed by atoms with Crippen molar-refractivity contribution in [2.75, 3.05) is 47.1 Å².